The van der Waals surface area contributed by atoms with Crippen LogP contribution in [0, 0.1) is 5.41 Å². The smallest absolute Gasteiger partial charge is 0.0868 e. The SMILES string of the molecule is N=C1/C(=C/c2ccccc2)Nc2ccc(N)cc21. The highest BCUT2D eigenvalue weighted by atomic mass is 14.9. The Morgan fingerprint density at radius 1 is 1.06 bits per heavy atom. The zero-order valence-corrected chi connectivity index (χ0v) is 9.77. The molecule has 3 heteroatoms. The van der Waals surface area contributed by atoms with Crippen molar-refractivity contribution in [1.82, 2.24) is 0 Å². The van der Waals surface area contributed by atoms with Gasteiger partial charge in [0.05, 0.1) is 11.4 Å². The van der Waals surface area contributed by atoms with E-state index in [1.54, 1.807) is 0 Å². The normalized spacial score (nSPS) is 15.6. The minimum Gasteiger partial charge on any atom is -0.399 e. The first-order valence-corrected chi connectivity index (χ1v) is 5.76. The van der Waals surface area contributed by atoms with Crippen LogP contribution < -0.4 is 11.1 Å². The lowest BCUT2D eigenvalue weighted by Gasteiger charge is -1.99. The summed E-state index contributed by atoms with van der Waals surface area (Å²) in [7, 11) is 0. The van der Waals surface area contributed by atoms with E-state index in [1.807, 2.05) is 54.6 Å². The van der Waals surface area contributed by atoms with Gasteiger partial charge in [-0.1, -0.05) is 30.3 Å². The number of hydrogen-bond acceptors (Lipinski definition) is 3. The molecule has 0 radical (unpaired) electrons. The largest absolute Gasteiger partial charge is 0.399 e. The summed E-state index contributed by atoms with van der Waals surface area (Å²) in [5, 5.41) is 11.4. The summed E-state index contributed by atoms with van der Waals surface area (Å²) in [6.07, 6.45) is 1.97. The van der Waals surface area contributed by atoms with E-state index in [0.29, 0.717) is 11.4 Å². The van der Waals surface area contributed by atoms with Crippen molar-refractivity contribution < 1.29 is 0 Å². The standard InChI is InChI=1S/C15H13N3/c16-11-6-7-13-12(9-11)15(17)14(18-13)8-10-4-2-1-3-5-10/h1-9,17-18H,16H2/b14-8-,17-15?. The molecule has 2 aromatic carbocycles. The minimum absolute atomic E-state index is 0.487. The molecule has 1 aliphatic heterocycles. The zero-order chi connectivity index (χ0) is 12.5. The van der Waals surface area contributed by atoms with E-state index in [-0.39, 0.29) is 0 Å². The second kappa shape index (κ2) is 4.04. The van der Waals surface area contributed by atoms with Crippen molar-refractivity contribution in [3.63, 3.8) is 0 Å². The van der Waals surface area contributed by atoms with Crippen LogP contribution in [0.3, 0.4) is 0 Å². The van der Waals surface area contributed by atoms with E-state index in [4.69, 9.17) is 11.1 Å². The maximum Gasteiger partial charge on any atom is 0.0868 e. The van der Waals surface area contributed by atoms with Crippen LogP contribution in [-0.2, 0) is 0 Å². The van der Waals surface area contributed by atoms with E-state index in [1.165, 1.54) is 0 Å². The molecule has 0 unspecified atom stereocenters. The van der Waals surface area contributed by atoms with Crippen molar-refractivity contribution in [2.75, 3.05) is 11.1 Å². The van der Waals surface area contributed by atoms with Gasteiger partial charge >= 0.3 is 0 Å². The molecule has 3 rings (SSSR count). The summed E-state index contributed by atoms with van der Waals surface area (Å²) >= 11 is 0. The van der Waals surface area contributed by atoms with Crippen molar-refractivity contribution in [3.8, 4) is 0 Å². The van der Waals surface area contributed by atoms with Crippen LogP contribution in [0.5, 0.6) is 0 Å². The van der Waals surface area contributed by atoms with Crippen molar-refractivity contribution >= 4 is 23.2 Å². The average Bonchev–Trinajstić information content (AvgIpc) is 2.68. The summed E-state index contributed by atoms with van der Waals surface area (Å²) in [5.41, 5.74) is 10.6. The average molecular weight is 235 g/mol. The Hall–Kier alpha value is -2.55. The predicted octanol–water partition coefficient (Wildman–Crippen LogP) is 3.10. The lowest BCUT2D eigenvalue weighted by Crippen LogP contribution is -1.99. The van der Waals surface area contributed by atoms with Gasteiger partial charge in [0.2, 0.25) is 0 Å². The van der Waals surface area contributed by atoms with E-state index in [0.717, 1.165) is 22.5 Å². The number of anilines is 2. The molecular formula is C15H13N3. The Labute approximate surface area is 105 Å². The summed E-state index contributed by atoms with van der Waals surface area (Å²) in [6.45, 7) is 0. The van der Waals surface area contributed by atoms with E-state index >= 15 is 0 Å². The fraction of sp³-hybridized carbons (Fsp3) is 0. The fourth-order valence-corrected chi connectivity index (χ4v) is 2.05. The lowest BCUT2D eigenvalue weighted by atomic mass is 10.1. The number of benzene rings is 2. The van der Waals surface area contributed by atoms with Gasteiger partial charge in [0.15, 0.2) is 0 Å². The second-order valence-electron chi connectivity index (χ2n) is 4.27. The van der Waals surface area contributed by atoms with Gasteiger partial charge in [-0.05, 0) is 29.8 Å². The highest BCUT2D eigenvalue weighted by Crippen LogP contribution is 2.30. The fourth-order valence-electron chi connectivity index (χ4n) is 2.05. The number of nitrogens with one attached hydrogen (secondary N) is 2. The molecule has 4 N–H and O–H groups in total. The minimum atomic E-state index is 0.487. The molecule has 18 heavy (non-hydrogen) atoms. The highest BCUT2D eigenvalue weighted by Gasteiger charge is 2.20. The van der Waals surface area contributed by atoms with Gasteiger partial charge in [-0.15, -0.1) is 0 Å². The van der Waals surface area contributed by atoms with Gasteiger partial charge in [0.25, 0.3) is 0 Å². The first-order chi connectivity index (χ1) is 8.74. The van der Waals surface area contributed by atoms with Gasteiger partial charge in [0.1, 0.15) is 0 Å². The lowest BCUT2D eigenvalue weighted by molar-refractivity contribution is 1.50. The van der Waals surface area contributed by atoms with Crippen LogP contribution in [-0.4, -0.2) is 5.71 Å². The molecule has 2 aromatic rings. The van der Waals surface area contributed by atoms with Gasteiger partial charge < -0.3 is 11.1 Å². The third kappa shape index (κ3) is 1.76. The topological polar surface area (TPSA) is 61.9 Å². The van der Waals surface area contributed by atoms with Crippen LogP contribution in [0.4, 0.5) is 11.4 Å². The molecule has 1 aliphatic rings. The second-order valence-corrected chi connectivity index (χ2v) is 4.27. The third-order valence-corrected chi connectivity index (χ3v) is 2.96. The summed E-state index contributed by atoms with van der Waals surface area (Å²) in [4.78, 5) is 0. The van der Waals surface area contributed by atoms with Crippen LogP contribution in [0.2, 0.25) is 0 Å². The number of allylic oxidation sites excluding steroid dienone is 1. The molecule has 0 aliphatic carbocycles. The number of nitrogen functional groups attached to an aromatic ring is 1. The molecule has 0 saturated heterocycles. The Morgan fingerprint density at radius 3 is 2.61 bits per heavy atom. The van der Waals surface area contributed by atoms with Crippen LogP contribution in [0.25, 0.3) is 6.08 Å². The maximum atomic E-state index is 8.15. The molecule has 0 amide bonds. The predicted molar refractivity (Wildman–Crippen MR) is 75.7 cm³/mol. The molecule has 0 aromatic heterocycles. The van der Waals surface area contributed by atoms with E-state index < -0.39 is 0 Å². The van der Waals surface area contributed by atoms with E-state index in [2.05, 4.69) is 5.32 Å². The molecule has 0 fully saturated rings. The van der Waals surface area contributed by atoms with Crippen molar-refractivity contribution in [3.05, 3.63) is 65.4 Å². The molecule has 0 spiro atoms. The Balaban J connectivity index is 2.00. The number of hydrogen-bond donors (Lipinski definition) is 3. The monoisotopic (exact) mass is 235 g/mol. The van der Waals surface area contributed by atoms with Crippen LogP contribution in [0.1, 0.15) is 11.1 Å². The molecule has 88 valence electrons. The summed E-state index contributed by atoms with van der Waals surface area (Å²) in [6, 6.07) is 15.5. The van der Waals surface area contributed by atoms with Crippen molar-refractivity contribution in [1.29, 1.82) is 5.41 Å². The quantitative estimate of drug-likeness (QED) is 0.665. The van der Waals surface area contributed by atoms with Gasteiger partial charge in [-0.3, -0.25) is 5.41 Å². The molecule has 3 nitrogen and oxygen atoms in total. The molecule has 0 saturated carbocycles. The van der Waals surface area contributed by atoms with Crippen molar-refractivity contribution in [2.24, 2.45) is 0 Å². The first kappa shape index (κ1) is 10.6. The van der Waals surface area contributed by atoms with Gasteiger partial charge in [-0.25, -0.2) is 0 Å². The molecule has 1 heterocycles. The number of rotatable bonds is 1. The Kier molecular flexibility index (Phi) is 2.38. The summed E-state index contributed by atoms with van der Waals surface area (Å²) in [5.74, 6) is 0. The summed E-state index contributed by atoms with van der Waals surface area (Å²) < 4.78 is 0. The molecular weight excluding hydrogens is 222 g/mol. The zero-order valence-electron chi connectivity index (χ0n) is 9.77. The molecule has 0 atom stereocenters. The number of nitrogens with two attached hydrogens (primary N) is 1. The van der Waals surface area contributed by atoms with E-state index in [9.17, 15) is 0 Å². The molecule has 0 bridgehead atoms. The maximum absolute atomic E-state index is 8.15. The third-order valence-electron chi connectivity index (χ3n) is 2.96. The highest BCUT2D eigenvalue weighted by molar-refractivity contribution is 6.22. The Morgan fingerprint density at radius 2 is 1.83 bits per heavy atom. The number of fused-ring (bicyclic) bond motifs is 1. The van der Waals surface area contributed by atoms with Gasteiger partial charge in [-0.2, -0.15) is 0 Å². The Bertz CT molecular complexity index is 642. The first-order valence-electron chi connectivity index (χ1n) is 5.76. The van der Waals surface area contributed by atoms with Crippen LogP contribution >= 0.6 is 0 Å². The van der Waals surface area contributed by atoms with Gasteiger partial charge in [0, 0.05) is 16.9 Å². The van der Waals surface area contributed by atoms with Crippen molar-refractivity contribution in [2.45, 2.75) is 0 Å². The van der Waals surface area contributed by atoms with Crippen LogP contribution in [0.15, 0.2) is 54.2 Å².